The number of aromatic carboxylic acids is 1. The second kappa shape index (κ2) is 8.77. The van der Waals surface area contributed by atoms with Crippen LogP contribution < -0.4 is 11.1 Å². The first-order valence-corrected chi connectivity index (χ1v) is 7.92. The van der Waals surface area contributed by atoms with Gasteiger partial charge in [-0.05, 0) is 23.3 Å². The Kier molecular flexibility index (Phi) is 6.46. The molecule has 2 aromatic rings. The van der Waals surface area contributed by atoms with E-state index in [0.29, 0.717) is 11.1 Å². The third-order valence-electron chi connectivity index (χ3n) is 3.88. The highest BCUT2D eigenvalue weighted by atomic mass is 16.5. The molecule has 0 saturated heterocycles. The Bertz CT molecular complexity index is 774. The van der Waals surface area contributed by atoms with E-state index < -0.39 is 29.9 Å². The van der Waals surface area contributed by atoms with Crippen LogP contribution in [0.3, 0.4) is 0 Å². The molecule has 0 heterocycles. The molecule has 0 unspecified atom stereocenters. The molecule has 26 heavy (non-hydrogen) atoms. The number of carboxylic acids is 1. The monoisotopic (exact) mass is 356 g/mol. The Hall–Kier alpha value is -3.19. The first-order valence-electron chi connectivity index (χ1n) is 7.92. The zero-order valence-corrected chi connectivity index (χ0v) is 14.2. The van der Waals surface area contributed by atoms with Crippen LogP contribution in [0.15, 0.2) is 54.6 Å². The van der Waals surface area contributed by atoms with E-state index >= 15 is 0 Å². The molecule has 4 N–H and O–H groups in total. The summed E-state index contributed by atoms with van der Waals surface area (Å²) in [7, 11) is 1.40. The van der Waals surface area contributed by atoms with Crippen LogP contribution in [0.1, 0.15) is 27.6 Å². The second-order valence-electron chi connectivity index (χ2n) is 5.70. The SMILES string of the molecule is CO[C@H](C(=O)N[C@H](Cc1ccc(C(=O)O)cc1)C(N)=O)c1ccccc1. The number of carbonyl (C=O) groups excluding carboxylic acids is 2. The maximum absolute atomic E-state index is 12.5. The van der Waals surface area contributed by atoms with Gasteiger partial charge >= 0.3 is 5.97 Å². The summed E-state index contributed by atoms with van der Waals surface area (Å²) in [6.45, 7) is 0. The van der Waals surface area contributed by atoms with Crippen LogP contribution >= 0.6 is 0 Å². The van der Waals surface area contributed by atoms with Gasteiger partial charge in [-0.1, -0.05) is 42.5 Å². The number of benzene rings is 2. The van der Waals surface area contributed by atoms with Crippen LogP contribution in [0.25, 0.3) is 0 Å². The minimum Gasteiger partial charge on any atom is -0.478 e. The van der Waals surface area contributed by atoms with Crippen LogP contribution in [0.4, 0.5) is 0 Å². The number of hydrogen-bond acceptors (Lipinski definition) is 4. The molecule has 0 spiro atoms. The van der Waals surface area contributed by atoms with Gasteiger partial charge in [0, 0.05) is 13.5 Å². The molecule has 2 atom stereocenters. The van der Waals surface area contributed by atoms with Crippen molar-refractivity contribution in [2.45, 2.75) is 18.6 Å². The van der Waals surface area contributed by atoms with E-state index in [9.17, 15) is 14.4 Å². The number of nitrogens with one attached hydrogen (secondary N) is 1. The predicted molar refractivity (Wildman–Crippen MR) is 94.4 cm³/mol. The van der Waals surface area contributed by atoms with E-state index in [0.717, 1.165) is 0 Å². The van der Waals surface area contributed by atoms with Crippen molar-refractivity contribution in [2.75, 3.05) is 7.11 Å². The van der Waals surface area contributed by atoms with Gasteiger partial charge in [0.05, 0.1) is 5.56 Å². The zero-order chi connectivity index (χ0) is 19.1. The van der Waals surface area contributed by atoms with Crippen molar-refractivity contribution in [3.8, 4) is 0 Å². The summed E-state index contributed by atoms with van der Waals surface area (Å²) in [6.07, 6.45) is -0.723. The fourth-order valence-electron chi connectivity index (χ4n) is 2.51. The molecule has 7 nitrogen and oxygen atoms in total. The maximum Gasteiger partial charge on any atom is 0.335 e. The lowest BCUT2D eigenvalue weighted by atomic mass is 10.0. The molecule has 0 fully saturated rings. The smallest absolute Gasteiger partial charge is 0.335 e. The van der Waals surface area contributed by atoms with Gasteiger partial charge in [0.1, 0.15) is 6.04 Å². The molecular formula is C19H20N2O5. The van der Waals surface area contributed by atoms with E-state index in [1.807, 2.05) is 6.07 Å². The highest BCUT2D eigenvalue weighted by Gasteiger charge is 2.25. The number of nitrogens with two attached hydrogens (primary N) is 1. The van der Waals surface area contributed by atoms with Gasteiger partial charge in [0.2, 0.25) is 5.91 Å². The molecule has 136 valence electrons. The van der Waals surface area contributed by atoms with Crippen LogP contribution in [0.2, 0.25) is 0 Å². The summed E-state index contributed by atoms with van der Waals surface area (Å²) in [6, 6.07) is 14.0. The Balaban J connectivity index is 2.10. The number of carbonyl (C=O) groups is 3. The first kappa shape index (κ1) is 19.1. The molecule has 2 amide bonds. The summed E-state index contributed by atoms with van der Waals surface area (Å²) in [5.41, 5.74) is 6.87. The van der Waals surface area contributed by atoms with E-state index in [1.54, 1.807) is 36.4 Å². The number of primary amides is 1. The van der Waals surface area contributed by atoms with E-state index in [1.165, 1.54) is 19.2 Å². The van der Waals surface area contributed by atoms with E-state index in [2.05, 4.69) is 5.32 Å². The van der Waals surface area contributed by atoms with Crippen molar-refractivity contribution in [1.29, 1.82) is 0 Å². The number of rotatable bonds is 8. The molecule has 0 bridgehead atoms. The normalized spacial score (nSPS) is 12.8. The average Bonchev–Trinajstić information content (AvgIpc) is 2.63. The van der Waals surface area contributed by atoms with E-state index in [4.69, 9.17) is 15.6 Å². The Morgan fingerprint density at radius 2 is 1.69 bits per heavy atom. The van der Waals surface area contributed by atoms with Crippen molar-refractivity contribution in [3.05, 3.63) is 71.3 Å². The highest BCUT2D eigenvalue weighted by molar-refractivity contribution is 5.89. The lowest BCUT2D eigenvalue weighted by Crippen LogP contribution is -2.47. The van der Waals surface area contributed by atoms with Crippen molar-refractivity contribution in [1.82, 2.24) is 5.32 Å². The quantitative estimate of drug-likeness (QED) is 0.658. The summed E-state index contributed by atoms with van der Waals surface area (Å²) < 4.78 is 5.24. The second-order valence-corrected chi connectivity index (χ2v) is 5.70. The molecule has 7 heteroatoms. The van der Waals surface area contributed by atoms with Gasteiger partial charge in [-0.15, -0.1) is 0 Å². The van der Waals surface area contributed by atoms with Gasteiger partial charge < -0.3 is 20.9 Å². The lowest BCUT2D eigenvalue weighted by molar-refractivity contribution is -0.134. The van der Waals surface area contributed by atoms with Gasteiger partial charge in [-0.3, -0.25) is 9.59 Å². The third kappa shape index (κ3) is 4.90. The summed E-state index contributed by atoms with van der Waals surface area (Å²) in [4.78, 5) is 35.1. The number of methoxy groups -OCH3 is 1. The number of hydrogen-bond donors (Lipinski definition) is 3. The lowest BCUT2D eigenvalue weighted by Gasteiger charge is -2.20. The topological polar surface area (TPSA) is 119 Å². The van der Waals surface area contributed by atoms with Crippen molar-refractivity contribution < 1.29 is 24.2 Å². The number of carboxylic acid groups (broad SMARTS) is 1. The molecule has 0 radical (unpaired) electrons. The molecule has 2 aromatic carbocycles. The fourth-order valence-corrected chi connectivity index (χ4v) is 2.51. The van der Waals surface area contributed by atoms with Crippen molar-refractivity contribution >= 4 is 17.8 Å². The van der Waals surface area contributed by atoms with E-state index in [-0.39, 0.29) is 12.0 Å². The predicted octanol–water partition coefficient (Wildman–Crippen LogP) is 1.29. The molecule has 0 aromatic heterocycles. The average molecular weight is 356 g/mol. The highest BCUT2D eigenvalue weighted by Crippen LogP contribution is 2.17. The number of amides is 2. The zero-order valence-electron chi connectivity index (χ0n) is 14.2. The molecule has 0 aliphatic rings. The Labute approximate surface area is 150 Å². The molecule has 0 saturated carbocycles. The minimum atomic E-state index is -1.04. The van der Waals surface area contributed by atoms with Crippen LogP contribution in [-0.4, -0.2) is 36.0 Å². The Morgan fingerprint density at radius 3 is 2.19 bits per heavy atom. The Morgan fingerprint density at radius 1 is 1.08 bits per heavy atom. The largest absolute Gasteiger partial charge is 0.478 e. The third-order valence-corrected chi connectivity index (χ3v) is 3.88. The maximum atomic E-state index is 12.5. The van der Waals surface area contributed by atoms with Gasteiger partial charge in [0.25, 0.3) is 5.91 Å². The van der Waals surface area contributed by atoms with Gasteiger partial charge in [0.15, 0.2) is 6.10 Å². The molecule has 0 aliphatic heterocycles. The van der Waals surface area contributed by atoms with Crippen LogP contribution in [0.5, 0.6) is 0 Å². The molecule has 0 aliphatic carbocycles. The molecular weight excluding hydrogens is 336 g/mol. The van der Waals surface area contributed by atoms with Crippen molar-refractivity contribution in [2.24, 2.45) is 5.73 Å². The first-order chi connectivity index (χ1) is 12.4. The molecule has 2 rings (SSSR count). The van der Waals surface area contributed by atoms with Gasteiger partial charge in [-0.25, -0.2) is 4.79 Å². The summed E-state index contributed by atoms with van der Waals surface area (Å²) in [5.74, 6) is -2.21. The van der Waals surface area contributed by atoms with Crippen LogP contribution in [-0.2, 0) is 20.7 Å². The van der Waals surface area contributed by atoms with Gasteiger partial charge in [-0.2, -0.15) is 0 Å². The van der Waals surface area contributed by atoms with Crippen LogP contribution in [0, 0.1) is 0 Å². The number of ether oxygens (including phenoxy) is 1. The fraction of sp³-hybridized carbons (Fsp3) is 0.211. The summed E-state index contributed by atoms with van der Waals surface area (Å²) in [5, 5.41) is 11.5. The standard InChI is InChI=1S/C19H20N2O5/c1-26-16(13-5-3-2-4-6-13)18(23)21-15(17(20)22)11-12-7-9-14(10-8-12)19(24)25/h2-10,15-16H,11H2,1H3,(H2,20,22)(H,21,23)(H,24,25)/t15-,16+/m1/s1. The minimum absolute atomic E-state index is 0.136. The van der Waals surface area contributed by atoms with Crippen molar-refractivity contribution in [3.63, 3.8) is 0 Å². The summed E-state index contributed by atoms with van der Waals surface area (Å²) >= 11 is 0.